The fourth-order valence-electron chi connectivity index (χ4n) is 3.06. The maximum absolute atomic E-state index is 12.5. The molecule has 1 aliphatic rings. The van der Waals surface area contributed by atoms with E-state index in [0.29, 0.717) is 23.0 Å². The number of aliphatic carboxylic acids is 1. The lowest BCUT2D eigenvalue weighted by molar-refractivity contribution is -0.136. The highest BCUT2D eigenvalue weighted by Crippen LogP contribution is 2.30. The fourth-order valence-corrected chi connectivity index (χ4v) is 3.06. The van der Waals surface area contributed by atoms with Crippen molar-refractivity contribution >= 4 is 17.6 Å². The van der Waals surface area contributed by atoms with Crippen LogP contribution in [0.25, 0.3) is 0 Å². The number of rotatable bonds is 5. The summed E-state index contributed by atoms with van der Waals surface area (Å²) in [6, 6.07) is 8.91. The van der Waals surface area contributed by atoms with E-state index >= 15 is 0 Å². The van der Waals surface area contributed by atoms with E-state index < -0.39 is 5.97 Å². The van der Waals surface area contributed by atoms with Gasteiger partial charge in [0.15, 0.2) is 0 Å². The van der Waals surface area contributed by atoms with Crippen LogP contribution in [0.1, 0.15) is 47.8 Å². The predicted octanol–water partition coefficient (Wildman–Crippen LogP) is 2.88. The Morgan fingerprint density at radius 2 is 2.04 bits per heavy atom. The molecule has 0 aliphatic heterocycles. The van der Waals surface area contributed by atoms with Crippen molar-refractivity contribution in [2.24, 2.45) is 0 Å². The standard InChI is InChI=1S/C17H19N3O3/c21-16(22)11-12-4-3-5-13(10-12)19-17(23)15-8-9-18-20(15)14-6-1-2-7-14/h3-5,8-10,14H,1-2,6-7,11H2,(H,19,23)(H,21,22). The summed E-state index contributed by atoms with van der Waals surface area (Å²) in [6.45, 7) is 0. The van der Waals surface area contributed by atoms with E-state index in [1.165, 1.54) is 12.8 Å². The minimum absolute atomic E-state index is 0.0658. The first-order chi connectivity index (χ1) is 11.1. The van der Waals surface area contributed by atoms with E-state index in [0.717, 1.165) is 12.8 Å². The molecule has 1 aromatic heterocycles. The largest absolute Gasteiger partial charge is 0.481 e. The lowest BCUT2D eigenvalue weighted by atomic mass is 10.1. The van der Waals surface area contributed by atoms with Gasteiger partial charge in [0.05, 0.1) is 12.5 Å². The second-order valence-corrected chi connectivity index (χ2v) is 5.82. The zero-order valence-corrected chi connectivity index (χ0v) is 12.7. The molecule has 1 heterocycles. The van der Waals surface area contributed by atoms with Gasteiger partial charge in [-0.25, -0.2) is 0 Å². The van der Waals surface area contributed by atoms with Crippen LogP contribution in [0.4, 0.5) is 5.69 Å². The lowest BCUT2D eigenvalue weighted by Crippen LogP contribution is -2.20. The lowest BCUT2D eigenvalue weighted by Gasteiger charge is -2.14. The van der Waals surface area contributed by atoms with Crippen LogP contribution in [0.2, 0.25) is 0 Å². The van der Waals surface area contributed by atoms with Gasteiger partial charge < -0.3 is 10.4 Å². The molecule has 1 aromatic carbocycles. The molecule has 0 bridgehead atoms. The summed E-state index contributed by atoms with van der Waals surface area (Å²) in [4.78, 5) is 23.3. The van der Waals surface area contributed by atoms with Crippen LogP contribution in [0, 0.1) is 0 Å². The van der Waals surface area contributed by atoms with Gasteiger partial charge in [-0.15, -0.1) is 0 Å². The van der Waals surface area contributed by atoms with Crippen LogP contribution >= 0.6 is 0 Å². The highest BCUT2D eigenvalue weighted by Gasteiger charge is 2.22. The molecule has 3 rings (SSSR count). The summed E-state index contributed by atoms with van der Waals surface area (Å²) < 4.78 is 1.81. The number of amides is 1. The Balaban J connectivity index is 1.75. The quantitative estimate of drug-likeness (QED) is 0.889. The van der Waals surface area contributed by atoms with Crippen molar-refractivity contribution in [1.29, 1.82) is 0 Å². The number of carbonyl (C=O) groups is 2. The molecule has 1 aliphatic carbocycles. The van der Waals surface area contributed by atoms with Crippen LogP contribution in [0.5, 0.6) is 0 Å². The fraction of sp³-hybridized carbons (Fsp3) is 0.353. The van der Waals surface area contributed by atoms with Gasteiger partial charge >= 0.3 is 5.97 Å². The topological polar surface area (TPSA) is 84.2 Å². The van der Waals surface area contributed by atoms with E-state index in [4.69, 9.17) is 5.11 Å². The van der Waals surface area contributed by atoms with E-state index in [1.807, 2.05) is 4.68 Å². The first-order valence-corrected chi connectivity index (χ1v) is 7.79. The average molecular weight is 313 g/mol. The molecule has 6 heteroatoms. The van der Waals surface area contributed by atoms with Crippen molar-refractivity contribution in [2.45, 2.75) is 38.1 Å². The normalized spacial score (nSPS) is 14.8. The molecular weight excluding hydrogens is 294 g/mol. The molecule has 0 atom stereocenters. The van der Waals surface area contributed by atoms with Gasteiger partial charge in [0.25, 0.3) is 5.91 Å². The predicted molar refractivity (Wildman–Crippen MR) is 85.5 cm³/mol. The molecule has 0 spiro atoms. The Morgan fingerprint density at radius 1 is 1.26 bits per heavy atom. The van der Waals surface area contributed by atoms with E-state index in [-0.39, 0.29) is 12.3 Å². The Kier molecular flexibility index (Phi) is 4.41. The minimum Gasteiger partial charge on any atom is -0.481 e. The molecule has 1 amide bonds. The number of anilines is 1. The number of carboxylic acids is 1. The molecule has 120 valence electrons. The molecule has 1 fully saturated rings. The zero-order valence-electron chi connectivity index (χ0n) is 12.7. The van der Waals surface area contributed by atoms with Gasteiger partial charge in [-0.2, -0.15) is 5.10 Å². The third kappa shape index (κ3) is 3.59. The average Bonchev–Trinajstić information content (AvgIpc) is 3.18. The number of hydrogen-bond donors (Lipinski definition) is 2. The van der Waals surface area contributed by atoms with Crippen molar-refractivity contribution in [3.63, 3.8) is 0 Å². The SMILES string of the molecule is O=C(O)Cc1cccc(NC(=O)c2ccnn2C2CCCC2)c1. The van der Waals surface area contributed by atoms with Gasteiger partial charge in [-0.3, -0.25) is 14.3 Å². The minimum atomic E-state index is -0.896. The third-order valence-corrected chi connectivity index (χ3v) is 4.11. The summed E-state index contributed by atoms with van der Waals surface area (Å²) >= 11 is 0. The summed E-state index contributed by atoms with van der Waals surface area (Å²) in [5, 5.41) is 16.0. The summed E-state index contributed by atoms with van der Waals surface area (Å²) in [6.07, 6.45) is 6.02. The maximum Gasteiger partial charge on any atom is 0.307 e. The Labute approximate surface area is 134 Å². The first-order valence-electron chi connectivity index (χ1n) is 7.79. The van der Waals surface area contributed by atoms with Crippen LogP contribution < -0.4 is 5.32 Å². The Morgan fingerprint density at radius 3 is 2.78 bits per heavy atom. The van der Waals surface area contributed by atoms with Gasteiger partial charge in [-0.1, -0.05) is 25.0 Å². The number of nitrogens with one attached hydrogen (secondary N) is 1. The van der Waals surface area contributed by atoms with Crippen molar-refractivity contribution in [1.82, 2.24) is 9.78 Å². The summed E-state index contributed by atoms with van der Waals surface area (Å²) in [5.41, 5.74) is 1.79. The smallest absolute Gasteiger partial charge is 0.307 e. The van der Waals surface area contributed by atoms with Crippen LogP contribution in [-0.2, 0) is 11.2 Å². The Bertz CT molecular complexity index is 717. The van der Waals surface area contributed by atoms with Crippen molar-refractivity contribution in [3.8, 4) is 0 Å². The molecule has 0 radical (unpaired) electrons. The number of hydrogen-bond acceptors (Lipinski definition) is 3. The first kappa shape index (κ1) is 15.3. The number of carbonyl (C=O) groups excluding carboxylic acids is 1. The highest BCUT2D eigenvalue weighted by molar-refractivity contribution is 6.03. The van der Waals surface area contributed by atoms with Crippen LogP contribution in [0.3, 0.4) is 0 Å². The van der Waals surface area contributed by atoms with E-state index in [2.05, 4.69) is 10.4 Å². The van der Waals surface area contributed by atoms with E-state index in [1.54, 1.807) is 36.5 Å². The second kappa shape index (κ2) is 6.64. The molecular formula is C17H19N3O3. The van der Waals surface area contributed by atoms with Gasteiger partial charge in [-0.05, 0) is 36.6 Å². The molecule has 1 saturated carbocycles. The Hall–Kier alpha value is -2.63. The molecule has 2 aromatic rings. The van der Waals surface area contributed by atoms with Gasteiger partial charge in [0.2, 0.25) is 0 Å². The number of benzene rings is 1. The maximum atomic E-state index is 12.5. The van der Waals surface area contributed by atoms with Crippen molar-refractivity contribution in [2.75, 3.05) is 5.32 Å². The molecule has 2 N–H and O–H groups in total. The summed E-state index contributed by atoms with van der Waals surface area (Å²) in [5.74, 6) is -1.12. The molecule has 0 saturated heterocycles. The monoisotopic (exact) mass is 313 g/mol. The van der Waals surface area contributed by atoms with Crippen LogP contribution in [0.15, 0.2) is 36.5 Å². The third-order valence-electron chi connectivity index (χ3n) is 4.11. The number of aromatic nitrogens is 2. The molecule has 23 heavy (non-hydrogen) atoms. The zero-order chi connectivity index (χ0) is 16.2. The molecule has 0 unspecified atom stereocenters. The highest BCUT2D eigenvalue weighted by atomic mass is 16.4. The van der Waals surface area contributed by atoms with E-state index in [9.17, 15) is 9.59 Å². The number of nitrogens with zero attached hydrogens (tertiary/aromatic N) is 2. The van der Waals surface area contributed by atoms with Gasteiger partial charge in [0, 0.05) is 11.9 Å². The van der Waals surface area contributed by atoms with Gasteiger partial charge in [0.1, 0.15) is 5.69 Å². The van der Waals surface area contributed by atoms with Crippen molar-refractivity contribution in [3.05, 3.63) is 47.8 Å². The second-order valence-electron chi connectivity index (χ2n) is 5.82. The molecule has 6 nitrogen and oxygen atoms in total. The van der Waals surface area contributed by atoms with Crippen LogP contribution in [-0.4, -0.2) is 26.8 Å². The summed E-state index contributed by atoms with van der Waals surface area (Å²) in [7, 11) is 0. The number of carboxylic acid groups (broad SMARTS) is 1. The van der Waals surface area contributed by atoms with Crippen molar-refractivity contribution < 1.29 is 14.7 Å².